The lowest BCUT2D eigenvalue weighted by atomic mass is 10.1. The number of nitrogens with zero attached hydrogens (tertiary/aromatic N) is 1. The Morgan fingerprint density at radius 2 is 2.29 bits per heavy atom. The number of hydrogen-bond donors (Lipinski definition) is 0. The Kier molecular flexibility index (Phi) is 4.87. The summed E-state index contributed by atoms with van der Waals surface area (Å²) >= 11 is 0. The van der Waals surface area contributed by atoms with Crippen LogP contribution in [0.5, 0.6) is 0 Å². The van der Waals surface area contributed by atoms with E-state index in [0.29, 0.717) is 12.8 Å². The molecule has 1 aromatic rings. The zero-order valence-electron chi connectivity index (χ0n) is 9.30. The standard InChI is InChI=1S/C12H13NO4/c1-2-12(14)17-8-4-6-10-5-3-7-11(9-10)13(15)16/h2-3,5,7,9H,1,4,6,8H2. The van der Waals surface area contributed by atoms with Crippen LogP contribution in [0.3, 0.4) is 0 Å². The molecule has 0 atom stereocenters. The van der Waals surface area contributed by atoms with E-state index >= 15 is 0 Å². The molecule has 0 spiro atoms. The molecule has 1 aromatic carbocycles. The van der Waals surface area contributed by atoms with Crippen LogP contribution in [0.25, 0.3) is 0 Å². The zero-order chi connectivity index (χ0) is 12.7. The molecule has 0 N–H and O–H groups in total. The number of esters is 1. The fraction of sp³-hybridized carbons (Fsp3) is 0.250. The number of rotatable bonds is 6. The van der Waals surface area contributed by atoms with E-state index in [1.165, 1.54) is 12.1 Å². The van der Waals surface area contributed by atoms with Crippen molar-refractivity contribution in [2.24, 2.45) is 0 Å². The van der Waals surface area contributed by atoms with Gasteiger partial charge in [-0.3, -0.25) is 10.1 Å². The quantitative estimate of drug-likeness (QED) is 0.249. The molecule has 90 valence electrons. The van der Waals surface area contributed by atoms with Crippen molar-refractivity contribution < 1.29 is 14.5 Å². The Morgan fingerprint density at radius 1 is 1.53 bits per heavy atom. The third-order valence-electron chi connectivity index (χ3n) is 2.14. The van der Waals surface area contributed by atoms with Crippen LogP contribution >= 0.6 is 0 Å². The molecule has 0 aromatic heterocycles. The molecule has 0 saturated heterocycles. The van der Waals surface area contributed by atoms with Crippen molar-refractivity contribution in [3.05, 3.63) is 52.6 Å². The van der Waals surface area contributed by atoms with Gasteiger partial charge in [0.05, 0.1) is 11.5 Å². The van der Waals surface area contributed by atoms with Crippen LogP contribution in [0.4, 0.5) is 5.69 Å². The van der Waals surface area contributed by atoms with E-state index in [-0.39, 0.29) is 12.3 Å². The normalized spacial score (nSPS) is 9.65. The Balaban J connectivity index is 2.41. The largest absolute Gasteiger partial charge is 0.463 e. The predicted octanol–water partition coefficient (Wildman–Crippen LogP) is 2.26. The fourth-order valence-electron chi connectivity index (χ4n) is 1.33. The Morgan fingerprint density at radius 3 is 2.94 bits per heavy atom. The van der Waals surface area contributed by atoms with Gasteiger partial charge in [-0.2, -0.15) is 0 Å². The highest BCUT2D eigenvalue weighted by Gasteiger charge is 2.05. The van der Waals surface area contributed by atoms with Gasteiger partial charge in [0.1, 0.15) is 0 Å². The van der Waals surface area contributed by atoms with Gasteiger partial charge in [-0.05, 0) is 18.4 Å². The molecule has 0 aliphatic rings. The van der Waals surface area contributed by atoms with Crippen LogP contribution in [0.1, 0.15) is 12.0 Å². The Bertz CT molecular complexity index is 428. The van der Waals surface area contributed by atoms with Crippen molar-refractivity contribution in [1.82, 2.24) is 0 Å². The average molecular weight is 235 g/mol. The minimum atomic E-state index is -0.455. The van der Waals surface area contributed by atoms with Crippen molar-refractivity contribution in [2.45, 2.75) is 12.8 Å². The van der Waals surface area contributed by atoms with Crippen LogP contribution in [-0.2, 0) is 16.0 Å². The number of hydrogen-bond acceptors (Lipinski definition) is 4. The van der Waals surface area contributed by atoms with Gasteiger partial charge >= 0.3 is 5.97 Å². The van der Waals surface area contributed by atoms with Crippen molar-refractivity contribution in [3.8, 4) is 0 Å². The van der Waals surface area contributed by atoms with Gasteiger partial charge < -0.3 is 4.74 Å². The van der Waals surface area contributed by atoms with E-state index in [0.717, 1.165) is 11.6 Å². The second-order valence-electron chi connectivity index (χ2n) is 3.40. The van der Waals surface area contributed by atoms with Crippen LogP contribution in [0.15, 0.2) is 36.9 Å². The summed E-state index contributed by atoms with van der Waals surface area (Å²) in [6.45, 7) is 3.56. The maximum Gasteiger partial charge on any atom is 0.330 e. The third-order valence-corrected chi connectivity index (χ3v) is 2.14. The van der Waals surface area contributed by atoms with Gasteiger partial charge in [0.25, 0.3) is 5.69 Å². The van der Waals surface area contributed by atoms with Gasteiger partial charge in [0.15, 0.2) is 0 Å². The minimum Gasteiger partial charge on any atom is -0.463 e. The Labute approximate surface area is 98.9 Å². The topological polar surface area (TPSA) is 69.4 Å². The fourth-order valence-corrected chi connectivity index (χ4v) is 1.33. The first kappa shape index (κ1) is 12.9. The van der Waals surface area contributed by atoms with E-state index in [9.17, 15) is 14.9 Å². The second kappa shape index (κ2) is 6.42. The van der Waals surface area contributed by atoms with Gasteiger partial charge in [-0.25, -0.2) is 4.79 Å². The van der Waals surface area contributed by atoms with Crippen LogP contribution in [0, 0.1) is 10.1 Å². The molecule has 5 heteroatoms. The molecule has 0 bridgehead atoms. The summed E-state index contributed by atoms with van der Waals surface area (Å²) in [5.74, 6) is -0.455. The van der Waals surface area contributed by atoms with Crippen LogP contribution in [0.2, 0.25) is 0 Å². The average Bonchev–Trinajstić information content (AvgIpc) is 2.34. The van der Waals surface area contributed by atoms with E-state index < -0.39 is 10.9 Å². The van der Waals surface area contributed by atoms with Gasteiger partial charge in [-0.1, -0.05) is 18.7 Å². The summed E-state index contributed by atoms with van der Waals surface area (Å²) in [5.41, 5.74) is 0.930. The smallest absolute Gasteiger partial charge is 0.330 e. The SMILES string of the molecule is C=CC(=O)OCCCc1cccc([N+](=O)[O-])c1. The molecular weight excluding hydrogens is 222 g/mol. The van der Waals surface area contributed by atoms with Gasteiger partial charge in [-0.15, -0.1) is 0 Å². The highest BCUT2D eigenvalue weighted by atomic mass is 16.6. The molecule has 0 saturated carbocycles. The molecule has 0 fully saturated rings. The summed E-state index contributed by atoms with van der Waals surface area (Å²) in [4.78, 5) is 20.8. The number of carbonyl (C=O) groups is 1. The van der Waals surface area contributed by atoms with Gasteiger partial charge in [0, 0.05) is 18.2 Å². The molecule has 1 rings (SSSR count). The lowest BCUT2D eigenvalue weighted by Gasteiger charge is -2.02. The van der Waals surface area contributed by atoms with Crippen LogP contribution in [-0.4, -0.2) is 17.5 Å². The summed E-state index contributed by atoms with van der Waals surface area (Å²) in [5, 5.41) is 10.5. The summed E-state index contributed by atoms with van der Waals surface area (Å²) in [6, 6.07) is 6.42. The summed E-state index contributed by atoms with van der Waals surface area (Å²) < 4.78 is 4.80. The second-order valence-corrected chi connectivity index (χ2v) is 3.40. The molecule has 0 heterocycles. The predicted molar refractivity (Wildman–Crippen MR) is 62.6 cm³/mol. The van der Waals surface area contributed by atoms with Crippen molar-refractivity contribution in [3.63, 3.8) is 0 Å². The first-order valence-corrected chi connectivity index (χ1v) is 5.16. The molecule has 0 unspecified atom stereocenters. The van der Waals surface area contributed by atoms with E-state index in [1.807, 2.05) is 6.07 Å². The molecule has 0 aliphatic carbocycles. The maximum atomic E-state index is 10.7. The molecule has 0 amide bonds. The number of nitro benzene ring substituents is 1. The highest BCUT2D eigenvalue weighted by Crippen LogP contribution is 2.14. The monoisotopic (exact) mass is 235 g/mol. The molecular formula is C12H13NO4. The lowest BCUT2D eigenvalue weighted by Crippen LogP contribution is -2.02. The molecule has 0 radical (unpaired) electrons. The first-order valence-electron chi connectivity index (χ1n) is 5.16. The molecule has 17 heavy (non-hydrogen) atoms. The zero-order valence-corrected chi connectivity index (χ0v) is 9.30. The van der Waals surface area contributed by atoms with E-state index in [4.69, 9.17) is 4.74 Å². The third kappa shape index (κ3) is 4.46. The Hall–Kier alpha value is -2.17. The van der Waals surface area contributed by atoms with E-state index in [2.05, 4.69) is 6.58 Å². The number of benzene rings is 1. The van der Waals surface area contributed by atoms with Crippen molar-refractivity contribution in [2.75, 3.05) is 6.61 Å². The molecule has 5 nitrogen and oxygen atoms in total. The number of nitro groups is 1. The number of carbonyl (C=O) groups excluding carboxylic acids is 1. The summed E-state index contributed by atoms with van der Waals surface area (Å²) in [6.07, 6.45) is 2.36. The lowest BCUT2D eigenvalue weighted by molar-refractivity contribution is -0.384. The van der Waals surface area contributed by atoms with Crippen molar-refractivity contribution in [1.29, 1.82) is 0 Å². The maximum absolute atomic E-state index is 10.7. The van der Waals surface area contributed by atoms with Crippen molar-refractivity contribution >= 4 is 11.7 Å². The molecule has 0 aliphatic heterocycles. The minimum absolute atomic E-state index is 0.0746. The van der Waals surface area contributed by atoms with Crippen LogP contribution < -0.4 is 0 Å². The van der Waals surface area contributed by atoms with E-state index in [1.54, 1.807) is 6.07 Å². The number of ether oxygens (including phenoxy) is 1. The number of aryl methyl sites for hydroxylation is 1. The summed E-state index contributed by atoms with van der Waals surface area (Å²) in [7, 11) is 0. The van der Waals surface area contributed by atoms with Gasteiger partial charge in [0.2, 0.25) is 0 Å². The number of non-ortho nitro benzene ring substituents is 1. The first-order chi connectivity index (χ1) is 8.13. The highest BCUT2D eigenvalue weighted by molar-refractivity contribution is 5.81.